The van der Waals surface area contributed by atoms with Crippen LogP contribution >= 0.6 is 0 Å². The smallest absolute Gasteiger partial charge is 0.244 e. The molecule has 2 aromatic rings. The van der Waals surface area contributed by atoms with Crippen LogP contribution in [0.2, 0.25) is 0 Å². The lowest BCUT2D eigenvalue weighted by atomic mass is 10.0. The number of aromatic nitrogens is 2. The number of carbonyl (C=O) groups is 1. The van der Waals surface area contributed by atoms with Crippen molar-refractivity contribution in [1.82, 2.24) is 19.9 Å². The Labute approximate surface area is 166 Å². The molecular weight excluding hydrogens is 354 g/mol. The van der Waals surface area contributed by atoms with Gasteiger partial charge < -0.3 is 14.3 Å². The molecule has 7 nitrogen and oxygen atoms in total. The Hall–Kier alpha value is -2.25. The predicted molar refractivity (Wildman–Crippen MR) is 107 cm³/mol. The maximum absolute atomic E-state index is 13.1. The number of para-hydroxylation sites is 1. The highest BCUT2D eigenvalue weighted by molar-refractivity contribution is 5.97. The Kier molecular flexibility index (Phi) is 6.02. The zero-order valence-corrected chi connectivity index (χ0v) is 16.6. The molecule has 2 aliphatic heterocycles. The van der Waals surface area contributed by atoms with E-state index in [2.05, 4.69) is 19.9 Å². The van der Waals surface area contributed by atoms with Crippen molar-refractivity contribution in [3.05, 3.63) is 42.0 Å². The van der Waals surface area contributed by atoms with Gasteiger partial charge in [0.05, 0.1) is 6.04 Å². The van der Waals surface area contributed by atoms with E-state index < -0.39 is 0 Å². The first kappa shape index (κ1) is 19.1. The van der Waals surface area contributed by atoms with Crippen LogP contribution in [0.5, 0.6) is 0 Å². The number of aryl methyl sites for hydroxylation is 2. The topological polar surface area (TPSA) is 65.7 Å². The molecule has 28 heavy (non-hydrogen) atoms. The van der Waals surface area contributed by atoms with Gasteiger partial charge in [-0.05, 0) is 44.9 Å². The number of benzene rings is 1. The van der Waals surface area contributed by atoms with E-state index in [1.165, 1.54) is 0 Å². The number of carbonyl (C=O) groups excluding carboxylic acids is 1. The molecule has 0 bridgehead atoms. The lowest BCUT2D eigenvalue weighted by Gasteiger charge is -2.42. The van der Waals surface area contributed by atoms with E-state index in [0.29, 0.717) is 5.82 Å². The van der Waals surface area contributed by atoms with Gasteiger partial charge in [-0.15, -0.1) is 0 Å². The monoisotopic (exact) mass is 383 g/mol. The van der Waals surface area contributed by atoms with E-state index in [9.17, 15) is 4.79 Å². The summed E-state index contributed by atoms with van der Waals surface area (Å²) < 4.78 is 5.18. The molecule has 1 atom stereocenters. The van der Waals surface area contributed by atoms with E-state index in [0.717, 1.165) is 76.5 Å². The lowest BCUT2D eigenvalue weighted by molar-refractivity contribution is -0.126. The Morgan fingerprint density at radius 1 is 1.11 bits per heavy atom. The average Bonchev–Trinajstić information content (AvgIpc) is 3.14. The van der Waals surface area contributed by atoms with Gasteiger partial charge in [0.15, 0.2) is 5.82 Å². The normalized spacial score (nSPS) is 22.0. The summed E-state index contributed by atoms with van der Waals surface area (Å²) in [5.41, 5.74) is 1.02. The average molecular weight is 383 g/mol. The number of piperazine rings is 1. The molecule has 1 amide bonds. The van der Waals surface area contributed by atoms with Crippen LogP contribution in [0, 0.1) is 6.92 Å². The summed E-state index contributed by atoms with van der Waals surface area (Å²) in [6, 6.07) is 10.1. The summed E-state index contributed by atoms with van der Waals surface area (Å²) in [4.78, 5) is 24.2. The van der Waals surface area contributed by atoms with E-state index in [1.54, 1.807) is 0 Å². The molecule has 0 spiro atoms. The number of hydrogen-bond acceptors (Lipinski definition) is 6. The van der Waals surface area contributed by atoms with Gasteiger partial charge in [-0.3, -0.25) is 9.69 Å². The quantitative estimate of drug-likeness (QED) is 0.761. The lowest BCUT2D eigenvalue weighted by Crippen LogP contribution is -2.57. The van der Waals surface area contributed by atoms with Crippen molar-refractivity contribution in [1.29, 1.82) is 0 Å². The molecule has 3 heterocycles. The summed E-state index contributed by atoms with van der Waals surface area (Å²) in [6.07, 6.45) is 3.88. The molecule has 0 unspecified atom stereocenters. The van der Waals surface area contributed by atoms with Crippen LogP contribution in [0.3, 0.4) is 0 Å². The molecule has 1 aromatic heterocycles. The molecule has 1 aromatic carbocycles. The Balaban J connectivity index is 1.25. The van der Waals surface area contributed by atoms with Crippen molar-refractivity contribution in [3.63, 3.8) is 0 Å². The van der Waals surface area contributed by atoms with Crippen LogP contribution in [0.4, 0.5) is 5.69 Å². The Morgan fingerprint density at radius 3 is 2.61 bits per heavy atom. The Bertz CT molecular complexity index is 770. The van der Waals surface area contributed by atoms with Crippen molar-refractivity contribution >= 4 is 11.6 Å². The van der Waals surface area contributed by atoms with Gasteiger partial charge in [-0.1, -0.05) is 23.4 Å². The van der Waals surface area contributed by atoms with Crippen LogP contribution in [0.15, 0.2) is 34.9 Å². The van der Waals surface area contributed by atoms with Crippen molar-refractivity contribution in [3.8, 4) is 0 Å². The molecule has 0 N–H and O–H groups in total. The molecule has 2 saturated heterocycles. The highest BCUT2D eigenvalue weighted by Gasteiger charge is 2.35. The van der Waals surface area contributed by atoms with E-state index in [4.69, 9.17) is 4.52 Å². The van der Waals surface area contributed by atoms with Crippen molar-refractivity contribution in [2.24, 2.45) is 0 Å². The highest BCUT2D eigenvalue weighted by Crippen LogP contribution is 2.24. The van der Waals surface area contributed by atoms with Crippen LogP contribution in [0.25, 0.3) is 0 Å². The third-order valence-electron chi connectivity index (χ3n) is 5.76. The predicted octanol–water partition coefficient (Wildman–Crippen LogP) is 2.12. The summed E-state index contributed by atoms with van der Waals surface area (Å²) >= 11 is 0. The first-order valence-corrected chi connectivity index (χ1v) is 10.3. The van der Waals surface area contributed by atoms with E-state index >= 15 is 0 Å². The van der Waals surface area contributed by atoms with Crippen LogP contribution in [0.1, 0.15) is 31.0 Å². The van der Waals surface area contributed by atoms with Gasteiger partial charge >= 0.3 is 0 Å². The van der Waals surface area contributed by atoms with Gasteiger partial charge in [0.2, 0.25) is 11.8 Å². The van der Waals surface area contributed by atoms with Gasteiger partial charge in [-0.25, -0.2) is 0 Å². The molecule has 2 aliphatic rings. The number of rotatable bonds is 6. The second-order valence-electron chi connectivity index (χ2n) is 7.70. The van der Waals surface area contributed by atoms with Gasteiger partial charge in [0.1, 0.15) is 0 Å². The SMILES string of the molecule is Cc1noc(CCCN2CCN([C@H]3CCCN(c4ccccc4)C3=O)CC2)n1. The second kappa shape index (κ2) is 8.84. The highest BCUT2D eigenvalue weighted by atomic mass is 16.5. The largest absolute Gasteiger partial charge is 0.339 e. The first-order chi connectivity index (χ1) is 13.7. The van der Waals surface area contributed by atoms with Crippen molar-refractivity contribution in [2.45, 2.75) is 38.6 Å². The Morgan fingerprint density at radius 2 is 1.89 bits per heavy atom. The fraction of sp³-hybridized carbons (Fsp3) is 0.571. The fourth-order valence-electron chi connectivity index (χ4n) is 4.25. The minimum absolute atomic E-state index is 0.0254. The third kappa shape index (κ3) is 4.42. The minimum Gasteiger partial charge on any atom is -0.339 e. The number of piperidine rings is 1. The van der Waals surface area contributed by atoms with E-state index in [-0.39, 0.29) is 11.9 Å². The molecule has 0 aliphatic carbocycles. The third-order valence-corrected chi connectivity index (χ3v) is 5.76. The van der Waals surface area contributed by atoms with Gasteiger partial charge in [0, 0.05) is 44.8 Å². The van der Waals surface area contributed by atoms with E-state index in [1.807, 2.05) is 42.2 Å². The second-order valence-corrected chi connectivity index (χ2v) is 7.70. The van der Waals surface area contributed by atoms with Gasteiger partial charge in [-0.2, -0.15) is 4.98 Å². The summed E-state index contributed by atoms with van der Waals surface area (Å²) in [7, 11) is 0. The number of hydrogen-bond donors (Lipinski definition) is 0. The molecular formula is C21H29N5O2. The molecule has 7 heteroatoms. The molecule has 0 radical (unpaired) electrons. The van der Waals surface area contributed by atoms with Crippen LogP contribution in [-0.4, -0.2) is 71.2 Å². The maximum Gasteiger partial charge on any atom is 0.244 e. The summed E-state index contributed by atoms with van der Waals surface area (Å²) in [6.45, 7) is 7.64. The zero-order chi connectivity index (χ0) is 19.3. The number of amides is 1. The van der Waals surface area contributed by atoms with Crippen molar-refractivity contribution in [2.75, 3.05) is 44.2 Å². The van der Waals surface area contributed by atoms with Crippen molar-refractivity contribution < 1.29 is 9.32 Å². The van der Waals surface area contributed by atoms with Gasteiger partial charge in [0.25, 0.3) is 0 Å². The number of anilines is 1. The first-order valence-electron chi connectivity index (χ1n) is 10.3. The summed E-state index contributed by atoms with van der Waals surface area (Å²) in [5, 5.41) is 3.84. The molecule has 0 saturated carbocycles. The summed E-state index contributed by atoms with van der Waals surface area (Å²) in [5.74, 6) is 1.69. The molecule has 150 valence electrons. The number of nitrogens with zero attached hydrogens (tertiary/aromatic N) is 5. The van der Waals surface area contributed by atoms with Crippen LogP contribution < -0.4 is 4.90 Å². The zero-order valence-electron chi connectivity index (χ0n) is 16.6. The standard InChI is InChI=1S/C21H29N5O2/c1-17-22-20(28-23-17)10-6-11-24-13-15-25(16-14-24)19-9-5-12-26(21(19)27)18-7-3-2-4-8-18/h2-4,7-8,19H,5-6,9-16H2,1H3/t19-/m0/s1. The fourth-order valence-corrected chi connectivity index (χ4v) is 4.25. The molecule has 2 fully saturated rings. The minimum atomic E-state index is 0.0254. The van der Waals surface area contributed by atoms with Crippen LogP contribution in [-0.2, 0) is 11.2 Å². The maximum atomic E-state index is 13.1. The molecule has 4 rings (SSSR count).